The van der Waals surface area contributed by atoms with Crippen LogP contribution in [0.15, 0.2) is 41.1 Å². The van der Waals surface area contributed by atoms with Crippen molar-refractivity contribution in [2.75, 3.05) is 42.8 Å². The number of carbonyl (C=O) groups is 1. The van der Waals surface area contributed by atoms with E-state index in [2.05, 4.69) is 37.6 Å². The number of rotatable bonds is 6. The molecule has 1 atom stereocenters. The van der Waals surface area contributed by atoms with Gasteiger partial charge in [-0.1, -0.05) is 0 Å². The Labute approximate surface area is 196 Å². The molecule has 0 unspecified atom stereocenters. The van der Waals surface area contributed by atoms with Crippen molar-refractivity contribution in [3.63, 3.8) is 0 Å². The van der Waals surface area contributed by atoms with E-state index in [1.165, 1.54) is 0 Å². The number of benzene rings is 1. The molecule has 0 spiro atoms. The molecule has 9 nitrogen and oxygen atoms in total. The molecular formula is C25H26N6O3. The molecule has 6 rings (SSSR count). The van der Waals surface area contributed by atoms with Crippen LogP contribution in [0.25, 0.3) is 33.3 Å². The molecule has 174 valence electrons. The van der Waals surface area contributed by atoms with Gasteiger partial charge in [0, 0.05) is 62.0 Å². The van der Waals surface area contributed by atoms with E-state index in [1.807, 2.05) is 19.2 Å². The summed E-state index contributed by atoms with van der Waals surface area (Å²) in [5.41, 5.74) is 3.35. The lowest BCUT2D eigenvalue weighted by Gasteiger charge is -2.17. The lowest BCUT2D eigenvalue weighted by atomic mass is 10.1. The summed E-state index contributed by atoms with van der Waals surface area (Å²) >= 11 is 0. The highest BCUT2D eigenvalue weighted by atomic mass is 16.5. The summed E-state index contributed by atoms with van der Waals surface area (Å²) in [6.45, 7) is 1.83. The second-order valence-electron chi connectivity index (χ2n) is 8.91. The van der Waals surface area contributed by atoms with Crippen molar-refractivity contribution >= 4 is 45.1 Å². The number of anilines is 3. The molecule has 1 saturated carbocycles. The van der Waals surface area contributed by atoms with E-state index >= 15 is 0 Å². The number of nitrogens with one attached hydrogen (secondary N) is 2. The van der Waals surface area contributed by atoms with Gasteiger partial charge < -0.3 is 24.7 Å². The minimum Gasteiger partial charge on any atom is -0.436 e. The maximum Gasteiger partial charge on any atom is 0.229 e. The summed E-state index contributed by atoms with van der Waals surface area (Å²) in [7, 11) is 3.58. The Bertz CT molecular complexity index is 1400. The molecule has 0 radical (unpaired) electrons. The molecule has 4 heterocycles. The van der Waals surface area contributed by atoms with Crippen LogP contribution in [0.2, 0.25) is 0 Å². The first kappa shape index (κ1) is 20.9. The van der Waals surface area contributed by atoms with Crippen LogP contribution in [-0.4, -0.2) is 54.2 Å². The van der Waals surface area contributed by atoms with Crippen LogP contribution in [0, 0.1) is 5.92 Å². The van der Waals surface area contributed by atoms with Crippen LogP contribution in [0.3, 0.4) is 0 Å². The van der Waals surface area contributed by atoms with Crippen molar-refractivity contribution in [1.29, 1.82) is 0 Å². The molecule has 1 aromatic carbocycles. The van der Waals surface area contributed by atoms with Crippen molar-refractivity contribution in [2.24, 2.45) is 5.92 Å². The third-order valence-corrected chi connectivity index (χ3v) is 6.65. The fourth-order valence-corrected chi connectivity index (χ4v) is 4.53. The van der Waals surface area contributed by atoms with Crippen LogP contribution in [0.1, 0.15) is 19.3 Å². The number of nitrogens with zero attached hydrogens (tertiary/aromatic N) is 4. The fourth-order valence-electron chi connectivity index (χ4n) is 4.53. The minimum atomic E-state index is 0.0170. The number of hydrogen-bond acceptors (Lipinski definition) is 8. The Hall–Kier alpha value is -3.72. The lowest BCUT2D eigenvalue weighted by molar-refractivity contribution is -0.117. The molecule has 34 heavy (non-hydrogen) atoms. The van der Waals surface area contributed by atoms with Gasteiger partial charge in [0.2, 0.25) is 11.8 Å². The monoisotopic (exact) mass is 458 g/mol. The van der Waals surface area contributed by atoms with Gasteiger partial charge in [-0.15, -0.1) is 0 Å². The molecule has 1 saturated heterocycles. The summed E-state index contributed by atoms with van der Waals surface area (Å²) in [6, 6.07) is 7.94. The zero-order valence-electron chi connectivity index (χ0n) is 19.2. The van der Waals surface area contributed by atoms with E-state index in [9.17, 15) is 4.79 Å². The summed E-state index contributed by atoms with van der Waals surface area (Å²) in [5, 5.41) is 7.72. The molecule has 0 bridgehead atoms. The first-order chi connectivity index (χ1) is 16.6. The van der Waals surface area contributed by atoms with Gasteiger partial charge in [-0.05, 0) is 43.5 Å². The minimum absolute atomic E-state index is 0.0170. The zero-order chi connectivity index (χ0) is 23.2. The Kier molecular flexibility index (Phi) is 5.06. The van der Waals surface area contributed by atoms with E-state index in [4.69, 9.17) is 14.1 Å². The van der Waals surface area contributed by atoms with E-state index in [0.29, 0.717) is 23.1 Å². The number of amides is 1. The molecule has 3 aromatic heterocycles. The Balaban J connectivity index is 1.39. The second kappa shape index (κ2) is 8.25. The van der Waals surface area contributed by atoms with Crippen LogP contribution in [0.5, 0.6) is 0 Å². The molecule has 1 aliphatic carbocycles. The van der Waals surface area contributed by atoms with Gasteiger partial charge in [0.05, 0.1) is 11.7 Å². The number of ether oxygens (including phenoxy) is 1. The Morgan fingerprint density at radius 1 is 1.15 bits per heavy atom. The fraction of sp³-hybridized carbons (Fsp3) is 0.360. The maximum absolute atomic E-state index is 12.3. The van der Waals surface area contributed by atoms with Crippen molar-refractivity contribution in [2.45, 2.75) is 25.4 Å². The average Bonchev–Trinajstić information content (AvgIpc) is 3.45. The van der Waals surface area contributed by atoms with Crippen molar-refractivity contribution in [3.05, 3.63) is 36.7 Å². The highest BCUT2D eigenvalue weighted by Crippen LogP contribution is 2.35. The molecule has 4 aromatic rings. The number of methoxy groups -OCH3 is 1. The summed E-state index contributed by atoms with van der Waals surface area (Å²) in [5.74, 6) is 1.81. The average molecular weight is 459 g/mol. The van der Waals surface area contributed by atoms with Gasteiger partial charge in [0.25, 0.3) is 0 Å². The van der Waals surface area contributed by atoms with Crippen LogP contribution in [-0.2, 0) is 9.53 Å². The third-order valence-electron chi connectivity index (χ3n) is 6.65. The van der Waals surface area contributed by atoms with Gasteiger partial charge in [0.1, 0.15) is 17.2 Å². The SMILES string of the molecule is CNc1ncc(-c2nc3cc(N4CC[C@H](OC)C4)ccc3o2)c2cc(NC(=O)C3CC3)ncc12. The molecule has 1 aliphatic heterocycles. The standard InChI is InChI=1S/C25H26N6O3/c1-26-23-18-11-27-22(30-24(32)14-3-4-14)10-17(18)19(12-28-23)25-29-20-9-15(5-6-21(20)34-25)31-8-7-16(13-31)33-2/h5-6,9-12,14,16H,3-4,7-8,13H2,1-2H3,(H,26,28)(H,27,30,32)/t16-/m0/s1. The molecule has 2 fully saturated rings. The Morgan fingerprint density at radius 3 is 2.79 bits per heavy atom. The van der Waals surface area contributed by atoms with Crippen LogP contribution in [0.4, 0.5) is 17.3 Å². The highest BCUT2D eigenvalue weighted by molar-refractivity contribution is 6.03. The molecule has 1 amide bonds. The summed E-state index contributed by atoms with van der Waals surface area (Å²) in [6.07, 6.45) is 6.62. The zero-order valence-corrected chi connectivity index (χ0v) is 19.2. The summed E-state index contributed by atoms with van der Waals surface area (Å²) < 4.78 is 11.6. The predicted octanol–water partition coefficient (Wildman–Crippen LogP) is 4.05. The lowest BCUT2D eigenvalue weighted by Crippen LogP contribution is -2.21. The number of fused-ring (bicyclic) bond motifs is 2. The predicted molar refractivity (Wildman–Crippen MR) is 131 cm³/mol. The van der Waals surface area contributed by atoms with Gasteiger partial charge in [-0.2, -0.15) is 0 Å². The smallest absolute Gasteiger partial charge is 0.229 e. The molecule has 2 N–H and O–H groups in total. The first-order valence-electron chi connectivity index (χ1n) is 11.6. The number of hydrogen-bond donors (Lipinski definition) is 2. The largest absolute Gasteiger partial charge is 0.436 e. The number of oxazole rings is 1. The van der Waals surface area contributed by atoms with Gasteiger partial charge in [0.15, 0.2) is 5.58 Å². The summed E-state index contributed by atoms with van der Waals surface area (Å²) in [4.78, 5) is 28.3. The number of aromatic nitrogens is 3. The topological polar surface area (TPSA) is 105 Å². The molecule has 2 aliphatic rings. The second-order valence-corrected chi connectivity index (χ2v) is 8.91. The number of pyridine rings is 2. The third kappa shape index (κ3) is 3.71. The van der Waals surface area contributed by atoms with Gasteiger partial charge in [-0.3, -0.25) is 4.79 Å². The van der Waals surface area contributed by atoms with Gasteiger partial charge in [-0.25, -0.2) is 15.0 Å². The molecular weight excluding hydrogens is 432 g/mol. The van der Waals surface area contributed by atoms with Crippen LogP contribution >= 0.6 is 0 Å². The van der Waals surface area contributed by atoms with Crippen molar-refractivity contribution in [1.82, 2.24) is 15.0 Å². The van der Waals surface area contributed by atoms with E-state index in [-0.39, 0.29) is 17.9 Å². The molecule has 9 heteroatoms. The quantitative estimate of drug-likeness (QED) is 0.446. The number of carbonyl (C=O) groups excluding carboxylic acids is 1. The first-order valence-corrected chi connectivity index (χ1v) is 11.6. The highest BCUT2D eigenvalue weighted by Gasteiger charge is 2.30. The van der Waals surface area contributed by atoms with E-state index in [0.717, 1.165) is 59.9 Å². The van der Waals surface area contributed by atoms with Crippen molar-refractivity contribution < 1.29 is 13.9 Å². The maximum atomic E-state index is 12.3. The normalized spacial score (nSPS) is 18.1. The van der Waals surface area contributed by atoms with Crippen LogP contribution < -0.4 is 15.5 Å². The van der Waals surface area contributed by atoms with E-state index in [1.54, 1.807) is 19.5 Å². The van der Waals surface area contributed by atoms with Gasteiger partial charge >= 0.3 is 0 Å². The Morgan fingerprint density at radius 2 is 2.03 bits per heavy atom. The van der Waals surface area contributed by atoms with Crippen molar-refractivity contribution in [3.8, 4) is 11.5 Å². The van der Waals surface area contributed by atoms with E-state index < -0.39 is 0 Å².